The molecule has 5 heteroatoms. The van der Waals surface area contributed by atoms with Gasteiger partial charge in [0.1, 0.15) is 12.9 Å². The van der Waals surface area contributed by atoms with Gasteiger partial charge in [-0.1, -0.05) is 0 Å². The third kappa shape index (κ3) is 3.36. The molecule has 13 heavy (non-hydrogen) atoms. The van der Waals surface area contributed by atoms with Crippen LogP contribution in [0.2, 0.25) is 0 Å². The van der Waals surface area contributed by atoms with Crippen LogP contribution in [0.15, 0.2) is 6.33 Å². The van der Waals surface area contributed by atoms with Crippen molar-refractivity contribution >= 4 is 11.8 Å². The van der Waals surface area contributed by atoms with Crippen molar-refractivity contribution in [3.8, 4) is 0 Å². The second-order valence-electron chi connectivity index (χ2n) is 2.80. The number of nitrogens with zero attached hydrogens (tertiary/aromatic N) is 3. The van der Waals surface area contributed by atoms with Gasteiger partial charge in [-0.25, -0.2) is 0 Å². The molecule has 0 aromatic carbocycles. The van der Waals surface area contributed by atoms with Crippen molar-refractivity contribution in [1.29, 1.82) is 0 Å². The molecule has 74 valence electrons. The maximum absolute atomic E-state index is 8.88. The zero-order chi connectivity index (χ0) is 9.52. The van der Waals surface area contributed by atoms with Crippen LogP contribution in [0.25, 0.3) is 0 Å². The van der Waals surface area contributed by atoms with E-state index in [0.29, 0.717) is 5.82 Å². The highest BCUT2D eigenvalue weighted by Crippen LogP contribution is 2.03. The number of hydrogen-bond acceptors (Lipinski definition) is 4. The normalized spacial score (nSPS) is 10.6. The predicted molar refractivity (Wildman–Crippen MR) is 53.6 cm³/mol. The molecule has 0 unspecified atom stereocenters. The van der Waals surface area contributed by atoms with Crippen molar-refractivity contribution in [2.45, 2.75) is 26.0 Å². The molecular formula is C8H15N3OS. The van der Waals surface area contributed by atoms with Gasteiger partial charge in [-0.15, -0.1) is 10.2 Å². The van der Waals surface area contributed by atoms with Crippen molar-refractivity contribution in [3.63, 3.8) is 0 Å². The van der Waals surface area contributed by atoms with E-state index < -0.39 is 0 Å². The molecule has 1 aromatic heterocycles. The number of hydrogen-bond donors (Lipinski definition) is 1. The molecular weight excluding hydrogens is 186 g/mol. The van der Waals surface area contributed by atoms with Gasteiger partial charge in [0.2, 0.25) is 0 Å². The first-order valence-electron chi connectivity index (χ1n) is 4.35. The number of aliphatic hydroxyl groups is 1. The SMILES string of the molecule is CSCCCCn1cnnc1CO. The molecule has 0 bridgehead atoms. The minimum atomic E-state index is -0.0253. The molecule has 0 amide bonds. The zero-order valence-corrected chi connectivity index (χ0v) is 8.63. The fourth-order valence-corrected chi connectivity index (χ4v) is 1.61. The van der Waals surface area contributed by atoms with Crippen LogP contribution in [0, 0.1) is 0 Å². The van der Waals surface area contributed by atoms with Crippen molar-refractivity contribution < 1.29 is 5.11 Å². The summed E-state index contributed by atoms with van der Waals surface area (Å²) in [6, 6.07) is 0. The van der Waals surface area contributed by atoms with E-state index >= 15 is 0 Å². The standard InChI is InChI=1S/C8H15N3OS/c1-13-5-3-2-4-11-7-9-10-8(11)6-12/h7,12H,2-6H2,1H3. The van der Waals surface area contributed by atoms with Crippen LogP contribution in [-0.2, 0) is 13.2 Å². The molecule has 0 saturated carbocycles. The van der Waals surface area contributed by atoms with E-state index in [9.17, 15) is 0 Å². The van der Waals surface area contributed by atoms with Crippen molar-refractivity contribution in [2.24, 2.45) is 0 Å². The largest absolute Gasteiger partial charge is 0.388 e. The Labute approximate surface area is 82.4 Å². The highest BCUT2D eigenvalue weighted by Gasteiger charge is 2.00. The van der Waals surface area contributed by atoms with Crippen molar-refractivity contribution in [3.05, 3.63) is 12.2 Å². The van der Waals surface area contributed by atoms with E-state index in [1.54, 1.807) is 6.33 Å². The zero-order valence-electron chi connectivity index (χ0n) is 7.81. The molecule has 0 radical (unpaired) electrons. The van der Waals surface area contributed by atoms with Crippen LogP contribution in [0.5, 0.6) is 0 Å². The van der Waals surface area contributed by atoms with Crippen molar-refractivity contribution in [2.75, 3.05) is 12.0 Å². The Hall–Kier alpha value is -0.550. The van der Waals surface area contributed by atoms with Crippen LogP contribution in [0.3, 0.4) is 0 Å². The average molecular weight is 201 g/mol. The molecule has 0 saturated heterocycles. The number of thioether (sulfide) groups is 1. The Morgan fingerprint density at radius 2 is 2.38 bits per heavy atom. The Kier molecular flexibility index (Phi) is 4.85. The minimum Gasteiger partial charge on any atom is -0.388 e. The third-order valence-corrected chi connectivity index (χ3v) is 2.53. The van der Waals surface area contributed by atoms with Gasteiger partial charge < -0.3 is 9.67 Å². The van der Waals surface area contributed by atoms with E-state index in [1.165, 1.54) is 12.2 Å². The van der Waals surface area contributed by atoms with E-state index in [0.717, 1.165) is 13.0 Å². The van der Waals surface area contributed by atoms with Crippen LogP contribution < -0.4 is 0 Å². The Morgan fingerprint density at radius 1 is 1.54 bits per heavy atom. The first-order valence-corrected chi connectivity index (χ1v) is 5.74. The highest BCUT2D eigenvalue weighted by atomic mass is 32.2. The Morgan fingerprint density at radius 3 is 3.08 bits per heavy atom. The van der Waals surface area contributed by atoms with Crippen LogP contribution >= 0.6 is 11.8 Å². The topological polar surface area (TPSA) is 50.9 Å². The maximum Gasteiger partial charge on any atom is 0.158 e. The number of rotatable bonds is 6. The second-order valence-corrected chi connectivity index (χ2v) is 3.78. The summed E-state index contributed by atoms with van der Waals surface area (Å²) in [7, 11) is 0. The quantitative estimate of drug-likeness (QED) is 0.695. The highest BCUT2D eigenvalue weighted by molar-refractivity contribution is 7.98. The summed E-state index contributed by atoms with van der Waals surface area (Å²) in [5.41, 5.74) is 0. The lowest BCUT2D eigenvalue weighted by Crippen LogP contribution is -2.03. The number of unbranched alkanes of at least 4 members (excludes halogenated alkanes) is 1. The fourth-order valence-electron chi connectivity index (χ4n) is 1.12. The Bertz CT molecular complexity index is 239. The lowest BCUT2D eigenvalue weighted by molar-refractivity contribution is 0.264. The van der Waals surface area contributed by atoms with Gasteiger partial charge in [0.05, 0.1) is 0 Å². The van der Waals surface area contributed by atoms with Gasteiger partial charge in [0, 0.05) is 6.54 Å². The summed E-state index contributed by atoms with van der Waals surface area (Å²) in [6.45, 7) is 0.881. The monoisotopic (exact) mass is 201 g/mol. The fraction of sp³-hybridized carbons (Fsp3) is 0.750. The molecule has 0 atom stereocenters. The van der Waals surface area contributed by atoms with E-state index in [-0.39, 0.29) is 6.61 Å². The third-order valence-electron chi connectivity index (χ3n) is 1.83. The summed E-state index contributed by atoms with van der Waals surface area (Å²) in [5.74, 6) is 1.85. The molecule has 0 aliphatic rings. The molecule has 0 spiro atoms. The summed E-state index contributed by atoms with van der Waals surface area (Å²) in [5, 5.41) is 16.4. The van der Waals surface area contributed by atoms with Crippen molar-refractivity contribution in [1.82, 2.24) is 14.8 Å². The number of aromatic nitrogens is 3. The molecule has 1 aromatic rings. The molecule has 0 aliphatic carbocycles. The second kappa shape index (κ2) is 5.99. The summed E-state index contributed by atoms with van der Waals surface area (Å²) >= 11 is 1.86. The Balaban J connectivity index is 2.27. The van der Waals surface area contributed by atoms with Crippen LogP contribution in [0.1, 0.15) is 18.7 Å². The molecule has 1 rings (SSSR count). The molecule has 0 aliphatic heterocycles. The predicted octanol–water partition coefficient (Wildman–Crippen LogP) is 0.914. The number of aliphatic hydroxyl groups excluding tert-OH is 1. The van der Waals surface area contributed by atoms with Gasteiger partial charge in [-0.05, 0) is 24.9 Å². The van der Waals surface area contributed by atoms with Crippen LogP contribution in [0.4, 0.5) is 0 Å². The van der Waals surface area contributed by atoms with E-state index in [1.807, 2.05) is 16.3 Å². The van der Waals surface area contributed by atoms with E-state index in [4.69, 9.17) is 5.11 Å². The van der Waals surface area contributed by atoms with Gasteiger partial charge in [0.15, 0.2) is 5.82 Å². The molecule has 4 nitrogen and oxygen atoms in total. The smallest absolute Gasteiger partial charge is 0.158 e. The summed E-state index contributed by atoms with van der Waals surface area (Å²) in [6.07, 6.45) is 6.10. The molecule has 0 fully saturated rings. The van der Waals surface area contributed by atoms with E-state index in [2.05, 4.69) is 16.5 Å². The van der Waals surface area contributed by atoms with Gasteiger partial charge in [-0.2, -0.15) is 11.8 Å². The lowest BCUT2D eigenvalue weighted by Gasteiger charge is -2.03. The summed E-state index contributed by atoms with van der Waals surface area (Å²) < 4.78 is 1.90. The first kappa shape index (κ1) is 10.5. The minimum absolute atomic E-state index is 0.0253. The average Bonchev–Trinajstić information content (AvgIpc) is 2.60. The molecule has 1 N–H and O–H groups in total. The summed E-state index contributed by atoms with van der Waals surface area (Å²) in [4.78, 5) is 0. The first-order chi connectivity index (χ1) is 6.38. The maximum atomic E-state index is 8.88. The molecule has 1 heterocycles. The van der Waals surface area contributed by atoms with Crippen LogP contribution in [-0.4, -0.2) is 31.9 Å². The van der Waals surface area contributed by atoms with Gasteiger partial charge in [0.25, 0.3) is 0 Å². The number of aryl methyl sites for hydroxylation is 1. The lowest BCUT2D eigenvalue weighted by atomic mass is 10.3. The van der Waals surface area contributed by atoms with Gasteiger partial charge >= 0.3 is 0 Å². The van der Waals surface area contributed by atoms with Gasteiger partial charge in [-0.3, -0.25) is 0 Å².